The number of benzene rings is 3. The highest BCUT2D eigenvalue weighted by Crippen LogP contribution is 2.23. The van der Waals surface area contributed by atoms with E-state index in [4.69, 9.17) is 4.65 Å². The van der Waals surface area contributed by atoms with Gasteiger partial charge in [0.25, 0.3) is 0 Å². The minimum absolute atomic E-state index is 0.121. The van der Waals surface area contributed by atoms with E-state index < -0.39 is 0 Å². The highest BCUT2D eigenvalue weighted by molar-refractivity contribution is 6.80. The Hall–Kier alpha value is -2.52. The van der Waals surface area contributed by atoms with Gasteiger partial charge in [-0.2, -0.15) is 0 Å². The van der Waals surface area contributed by atoms with Crippen LogP contribution in [-0.4, -0.2) is 25.9 Å². The van der Waals surface area contributed by atoms with Crippen molar-refractivity contribution in [1.82, 2.24) is 4.90 Å². The molecule has 3 heteroatoms. The molecule has 144 valence electrons. The molecule has 2 nitrogen and oxygen atoms in total. The third-order valence-electron chi connectivity index (χ3n) is 4.88. The number of aryl methyl sites for hydroxylation is 1. The Kier molecular flexibility index (Phi) is 7.33. The van der Waals surface area contributed by atoms with E-state index in [-0.39, 0.29) is 6.92 Å². The third-order valence-corrected chi connectivity index (χ3v) is 4.88. The summed E-state index contributed by atoms with van der Waals surface area (Å²) in [5.74, 6) is 0.964. The highest BCUT2D eigenvalue weighted by Gasteiger charge is 2.24. The second-order valence-corrected chi connectivity index (χ2v) is 7.60. The Morgan fingerprint density at radius 2 is 1.43 bits per heavy atom. The molecule has 0 atom stereocenters. The van der Waals surface area contributed by atoms with E-state index in [2.05, 4.69) is 92.6 Å². The maximum atomic E-state index is 6.65. The van der Waals surface area contributed by atoms with Gasteiger partial charge in [-0.3, -0.25) is 0 Å². The fourth-order valence-corrected chi connectivity index (χ4v) is 3.46. The van der Waals surface area contributed by atoms with Crippen molar-refractivity contribution in [3.8, 4) is 5.75 Å². The quantitative estimate of drug-likeness (QED) is 0.521. The Morgan fingerprint density at radius 3 is 1.96 bits per heavy atom. The monoisotopic (exact) mass is 371 g/mol. The fraction of sp³-hybridized carbons (Fsp3) is 0.280. The predicted octanol–water partition coefficient (Wildman–Crippen LogP) is 4.28. The fourth-order valence-electron chi connectivity index (χ4n) is 3.46. The van der Waals surface area contributed by atoms with Crippen LogP contribution in [0.25, 0.3) is 0 Å². The van der Waals surface area contributed by atoms with Crippen LogP contribution in [0.3, 0.4) is 0 Å². The molecule has 3 aromatic rings. The van der Waals surface area contributed by atoms with Gasteiger partial charge >= 0.3 is 6.92 Å². The summed E-state index contributed by atoms with van der Waals surface area (Å²) in [4.78, 5) is 2.20. The van der Waals surface area contributed by atoms with Crippen molar-refractivity contribution in [1.29, 1.82) is 0 Å². The molecule has 0 saturated carbocycles. The van der Waals surface area contributed by atoms with E-state index in [1.54, 1.807) is 0 Å². The molecule has 0 bridgehead atoms. The lowest BCUT2D eigenvalue weighted by Crippen LogP contribution is -2.47. The normalized spacial score (nSPS) is 10.9. The standard InChI is InChI=1S/C25H30BNO/c1-4-5-12-21-17-18-25(22(19-21)20-27(2)3)28-26(23-13-8-6-9-14-23)24-15-10-7-11-16-24/h6-11,13-19H,4-5,12,20H2,1-3H3. The molecule has 0 saturated heterocycles. The number of rotatable bonds is 9. The number of hydrogen-bond acceptors (Lipinski definition) is 2. The number of nitrogens with zero attached hydrogens (tertiary/aromatic N) is 1. The molecule has 0 N–H and O–H groups in total. The van der Waals surface area contributed by atoms with Crippen molar-refractivity contribution in [2.45, 2.75) is 32.7 Å². The average molecular weight is 371 g/mol. The number of unbranched alkanes of at least 4 members (excludes halogenated alkanes) is 1. The van der Waals surface area contributed by atoms with E-state index in [9.17, 15) is 0 Å². The maximum absolute atomic E-state index is 6.65. The van der Waals surface area contributed by atoms with Gasteiger partial charge in [-0.05, 0) is 49.5 Å². The Bertz CT molecular complexity index is 809. The van der Waals surface area contributed by atoms with Crippen LogP contribution in [0.5, 0.6) is 5.75 Å². The van der Waals surface area contributed by atoms with Crippen molar-refractivity contribution in [2.75, 3.05) is 14.1 Å². The second kappa shape index (κ2) is 10.1. The zero-order valence-corrected chi connectivity index (χ0v) is 17.3. The molecule has 0 unspecified atom stereocenters. The van der Waals surface area contributed by atoms with Crippen LogP contribution in [0.2, 0.25) is 0 Å². The summed E-state index contributed by atoms with van der Waals surface area (Å²) < 4.78 is 6.65. The van der Waals surface area contributed by atoms with Gasteiger partial charge in [0.2, 0.25) is 0 Å². The molecule has 0 fully saturated rings. The zero-order chi connectivity index (χ0) is 19.8. The minimum Gasteiger partial charge on any atom is -0.551 e. The van der Waals surface area contributed by atoms with Gasteiger partial charge in [0.15, 0.2) is 0 Å². The largest absolute Gasteiger partial charge is 0.551 e. The summed E-state index contributed by atoms with van der Waals surface area (Å²) in [5, 5.41) is 0. The second-order valence-electron chi connectivity index (χ2n) is 7.60. The smallest absolute Gasteiger partial charge is 0.426 e. The predicted molar refractivity (Wildman–Crippen MR) is 121 cm³/mol. The summed E-state index contributed by atoms with van der Waals surface area (Å²) in [6.07, 6.45) is 3.56. The minimum atomic E-state index is -0.121. The van der Waals surface area contributed by atoms with Gasteiger partial charge in [-0.15, -0.1) is 0 Å². The molecule has 0 heterocycles. The van der Waals surface area contributed by atoms with Crippen molar-refractivity contribution in [2.24, 2.45) is 0 Å². The van der Waals surface area contributed by atoms with E-state index >= 15 is 0 Å². The molecular weight excluding hydrogens is 341 g/mol. The summed E-state index contributed by atoms with van der Waals surface area (Å²) in [6.45, 7) is 2.98. The van der Waals surface area contributed by atoms with Gasteiger partial charge in [0.05, 0.1) is 0 Å². The van der Waals surface area contributed by atoms with E-state index in [1.165, 1.54) is 34.9 Å². The van der Waals surface area contributed by atoms with Crippen LogP contribution < -0.4 is 15.6 Å². The van der Waals surface area contributed by atoms with Gasteiger partial charge in [-0.1, -0.05) is 86.1 Å². The first kappa shape index (κ1) is 20.2. The van der Waals surface area contributed by atoms with Crippen LogP contribution in [0.1, 0.15) is 30.9 Å². The van der Waals surface area contributed by atoms with Gasteiger partial charge in [-0.25, -0.2) is 0 Å². The summed E-state index contributed by atoms with van der Waals surface area (Å²) in [6, 6.07) is 27.6. The van der Waals surface area contributed by atoms with E-state index in [0.29, 0.717) is 0 Å². The van der Waals surface area contributed by atoms with Crippen LogP contribution in [-0.2, 0) is 13.0 Å². The van der Waals surface area contributed by atoms with Crippen LogP contribution in [0.15, 0.2) is 78.9 Å². The van der Waals surface area contributed by atoms with E-state index in [1.807, 2.05) is 12.1 Å². The lowest BCUT2D eigenvalue weighted by atomic mass is 9.55. The first-order valence-electron chi connectivity index (χ1n) is 10.2. The highest BCUT2D eigenvalue weighted by atomic mass is 16.4. The van der Waals surface area contributed by atoms with Crippen LogP contribution in [0.4, 0.5) is 0 Å². The molecule has 0 aromatic heterocycles. The van der Waals surface area contributed by atoms with E-state index in [0.717, 1.165) is 18.7 Å². The average Bonchev–Trinajstić information content (AvgIpc) is 2.72. The molecule has 0 spiro atoms. The summed E-state index contributed by atoms with van der Waals surface area (Å²) >= 11 is 0. The molecule has 3 aromatic carbocycles. The SMILES string of the molecule is CCCCc1ccc(OB(c2ccccc2)c2ccccc2)c(CN(C)C)c1. The first-order valence-corrected chi connectivity index (χ1v) is 10.2. The molecule has 0 aliphatic rings. The molecule has 0 radical (unpaired) electrons. The molecule has 0 amide bonds. The molecule has 0 aliphatic carbocycles. The zero-order valence-electron chi connectivity index (χ0n) is 17.3. The lowest BCUT2D eigenvalue weighted by Gasteiger charge is -2.21. The van der Waals surface area contributed by atoms with Crippen molar-refractivity contribution >= 4 is 17.8 Å². The lowest BCUT2D eigenvalue weighted by molar-refractivity contribution is 0.395. The van der Waals surface area contributed by atoms with Crippen molar-refractivity contribution in [3.05, 3.63) is 90.0 Å². The molecule has 28 heavy (non-hydrogen) atoms. The Labute approximate surface area is 170 Å². The molecule has 0 aliphatic heterocycles. The summed E-state index contributed by atoms with van der Waals surface area (Å²) in [7, 11) is 4.21. The van der Waals surface area contributed by atoms with Crippen LogP contribution in [0, 0.1) is 0 Å². The van der Waals surface area contributed by atoms with Gasteiger partial charge < -0.3 is 9.55 Å². The topological polar surface area (TPSA) is 12.5 Å². The third kappa shape index (κ3) is 5.49. The number of hydrogen-bond donors (Lipinski definition) is 0. The first-order chi connectivity index (χ1) is 13.7. The molecule has 3 rings (SSSR count). The van der Waals surface area contributed by atoms with Crippen molar-refractivity contribution < 1.29 is 4.65 Å². The Morgan fingerprint density at radius 1 is 0.821 bits per heavy atom. The van der Waals surface area contributed by atoms with Gasteiger partial charge in [0, 0.05) is 12.1 Å². The van der Waals surface area contributed by atoms with Gasteiger partial charge in [0.1, 0.15) is 5.75 Å². The Balaban J connectivity index is 1.95. The van der Waals surface area contributed by atoms with Crippen LogP contribution >= 0.6 is 0 Å². The molecular formula is C25H30BNO. The van der Waals surface area contributed by atoms with Crippen molar-refractivity contribution in [3.63, 3.8) is 0 Å². The maximum Gasteiger partial charge on any atom is 0.426 e. The summed E-state index contributed by atoms with van der Waals surface area (Å²) in [5.41, 5.74) is 4.97.